The predicted molar refractivity (Wildman–Crippen MR) is 86.2 cm³/mol. The van der Waals surface area contributed by atoms with Crippen LogP contribution in [0.1, 0.15) is 23.4 Å². The van der Waals surface area contributed by atoms with E-state index in [1.807, 2.05) is 17.4 Å². The summed E-state index contributed by atoms with van der Waals surface area (Å²) in [5.41, 5.74) is 1.41. The van der Waals surface area contributed by atoms with Crippen LogP contribution >= 0.6 is 23.6 Å². The van der Waals surface area contributed by atoms with E-state index in [-0.39, 0.29) is 0 Å². The van der Waals surface area contributed by atoms with E-state index in [1.54, 1.807) is 17.0 Å². The average molecular weight is 333 g/mol. The van der Waals surface area contributed by atoms with Crippen LogP contribution in [0, 0.1) is 4.84 Å². The van der Waals surface area contributed by atoms with E-state index >= 15 is 0 Å². The number of nitrogens with zero attached hydrogens (tertiary/aromatic N) is 3. The molecular formula is C15H15N3O2S2. The quantitative estimate of drug-likeness (QED) is 0.675. The predicted octanol–water partition coefficient (Wildman–Crippen LogP) is 4.10. The van der Waals surface area contributed by atoms with E-state index in [0.29, 0.717) is 29.2 Å². The number of hydrogen-bond acceptors (Lipinski definition) is 6. The Morgan fingerprint density at radius 3 is 3.18 bits per heavy atom. The van der Waals surface area contributed by atoms with Crippen LogP contribution in [0.15, 0.2) is 38.7 Å². The molecule has 0 saturated heterocycles. The molecule has 0 N–H and O–H groups in total. The van der Waals surface area contributed by atoms with Crippen molar-refractivity contribution in [2.45, 2.75) is 26.1 Å². The Morgan fingerprint density at radius 1 is 1.45 bits per heavy atom. The SMILES string of the molecule is C[C@H]1c2ccsc2CCN1Cn1nc(-c2ccco2)oc1=S. The molecule has 0 amide bonds. The second-order valence-corrected chi connectivity index (χ2v) is 6.68. The molecule has 22 heavy (non-hydrogen) atoms. The van der Waals surface area contributed by atoms with Crippen molar-refractivity contribution in [2.24, 2.45) is 0 Å². The van der Waals surface area contributed by atoms with Crippen molar-refractivity contribution in [1.29, 1.82) is 0 Å². The van der Waals surface area contributed by atoms with Crippen molar-refractivity contribution in [1.82, 2.24) is 14.7 Å². The normalized spacial score (nSPS) is 18.5. The number of rotatable bonds is 3. The average Bonchev–Trinajstić information content (AvgIpc) is 3.23. The third kappa shape index (κ3) is 2.35. The Kier molecular flexibility index (Phi) is 3.48. The van der Waals surface area contributed by atoms with E-state index in [9.17, 15) is 0 Å². The first-order valence-electron chi connectivity index (χ1n) is 7.14. The highest BCUT2D eigenvalue weighted by molar-refractivity contribution is 7.71. The van der Waals surface area contributed by atoms with Crippen molar-refractivity contribution < 1.29 is 8.83 Å². The molecule has 0 saturated carbocycles. The van der Waals surface area contributed by atoms with E-state index in [2.05, 4.69) is 28.4 Å². The van der Waals surface area contributed by atoms with E-state index < -0.39 is 0 Å². The summed E-state index contributed by atoms with van der Waals surface area (Å²) in [4.78, 5) is 4.22. The Bertz CT molecular complexity index is 831. The lowest BCUT2D eigenvalue weighted by Gasteiger charge is -2.32. The van der Waals surface area contributed by atoms with Crippen molar-refractivity contribution in [2.75, 3.05) is 6.54 Å². The molecule has 0 aliphatic carbocycles. The van der Waals surface area contributed by atoms with Gasteiger partial charge >= 0.3 is 0 Å². The standard InChI is InChI=1S/C15H15N3O2S2/c1-10-11-5-8-22-13(11)4-6-17(10)9-18-15(21)20-14(16-18)12-3-2-7-19-12/h2-3,5,7-8,10H,4,6,9H2,1H3/t10-/m0/s1. The van der Waals surface area contributed by atoms with Gasteiger partial charge in [0.15, 0.2) is 5.76 Å². The first-order chi connectivity index (χ1) is 10.7. The van der Waals surface area contributed by atoms with Crippen molar-refractivity contribution in [3.8, 4) is 11.7 Å². The van der Waals surface area contributed by atoms with Crippen molar-refractivity contribution >= 4 is 23.6 Å². The minimum atomic E-state index is 0.362. The van der Waals surface area contributed by atoms with E-state index in [0.717, 1.165) is 13.0 Å². The Hall–Kier alpha value is -1.70. The van der Waals surface area contributed by atoms with Crippen LogP contribution in [0.2, 0.25) is 0 Å². The molecular weight excluding hydrogens is 318 g/mol. The summed E-state index contributed by atoms with van der Waals surface area (Å²) in [7, 11) is 0. The largest absolute Gasteiger partial charge is 0.459 e. The highest BCUT2D eigenvalue weighted by Gasteiger charge is 2.25. The lowest BCUT2D eigenvalue weighted by Crippen LogP contribution is -2.35. The Morgan fingerprint density at radius 2 is 2.36 bits per heavy atom. The van der Waals surface area contributed by atoms with Crippen molar-refractivity contribution in [3.05, 3.63) is 45.1 Å². The molecule has 114 valence electrons. The minimum absolute atomic E-state index is 0.362. The van der Waals surface area contributed by atoms with Gasteiger partial charge in [0.25, 0.3) is 10.7 Å². The zero-order valence-electron chi connectivity index (χ0n) is 12.1. The maximum atomic E-state index is 5.54. The summed E-state index contributed by atoms with van der Waals surface area (Å²) in [6, 6.07) is 6.19. The number of furan rings is 1. The molecule has 0 unspecified atom stereocenters. The molecule has 7 heteroatoms. The second-order valence-electron chi connectivity index (χ2n) is 5.33. The van der Waals surface area contributed by atoms with Gasteiger partial charge in [0.05, 0.1) is 12.9 Å². The molecule has 3 aromatic heterocycles. The maximum absolute atomic E-state index is 5.54. The first kappa shape index (κ1) is 13.9. The molecule has 1 atom stereocenters. The van der Waals surface area contributed by atoms with Crippen LogP contribution in [0.25, 0.3) is 11.7 Å². The summed E-state index contributed by atoms with van der Waals surface area (Å²) >= 11 is 7.13. The molecule has 0 bridgehead atoms. The van der Waals surface area contributed by atoms with Gasteiger partial charge in [-0.25, -0.2) is 4.68 Å². The molecule has 1 aliphatic rings. The third-order valence-electron chi connectivity index (χ3n) is 4.06. The van der Waals surface area contributed by atoms with Gasteiger partial charge in [-0.1, -0.05) is 0 Å². The first-order valence-corrected chi connectivity index (χ1v) is 8.43. The van der Waals surface area contributed by atoms with E-state index in [1.165, 1.54) is 10.4 Å². The van der Waals surface area contributed by atoms with Crippen molar-refractivity contribution in [3.63, 3.8) is 0 Å². The highest BCUT2D eigenvalue weighted by Crippen LogP contribution is 2.33. The van der Waals surface area contributed by atoms with Gasteiger partial charge in [-0.15, -0.1) is 16.4 Å². The highest BCUT2D eigenvalue weighted by atomic mass is 32.1. The molecule has 0 spiro atoms. The van der Waals surface area contributed by atoms with Crippen LogP contribution < -0.4 is 0 Å². The number of hydrogen-bond donors (Lipinski definition) is 0. The minimum Gasteiger partial charge on any atom is -0.459 e. The lowest BCUT2D eigenvalue weighted by molar-refractivity contribution is 0.142. The van der Waals surface area contributed by atoms with Crippen LogP contribution in [-0.2, 0) is 13.1 Å². The Labute approximate surface area is 136 Å². The molecule has 3 aromatic rings. The number of fused-ring (bicyclic) bond motifs is 1. The molecule has 4 rings (SSSR count). The number of aromatic nitrogens is 2. The summed E-state index contributed by atoms with van der Waals surface area (Å²) in [6.07, 6.45) is 2.67. The van der Waals surface area contributed by atoms with Gasteiger partial charge in [-0.3, -0.25) is 4.90 Å². The lowest BCUT2D eigenvalue weighted by atomic mass is 10.0. The third-order valence-corrected chi connectivity index (χ3v) is 5.35. The molecule has 0 fully saturated rings. The molecule has 5 nitrogen and oxygen atoms in total. The van der Waals surface area contributed by atoms with Gasteiger partial charge in [0.2, 0.25) is 0 Å². The van der Waals surface area contributed by atoms with Gasteiger partial charge in [-0.05, 0) is 54.7 Å². The zero-order chi connectivity index (χ0) is 15.1. The fraction of sp³-hybridized carbons (Fsp3) is 0.333. The van der Waals surface area contributed by atoms with E-state index in [4.69, 9.17) is 21.1 Å². The van der Waals surface area contributed by atoms with Crippen LogP contribution in [-0.4, -0.2) is 21.2 Å². The summed E-state index contributed by atoms with van der Waals surface area (Å²) in [5, 5.41) is 6.61. The van der Waals surface area contributed by atoms with Crippen LogP contribution in [0.4, 0.5) is 0 Å². The smallest absolute Gasteiger partial charge is 0.288 e. The van der Waals surface area contributed by atoms with Gasteiger partial charge in [-0.2, -0.15) is 0 Å². The number of thiophene rings is 1. The van der Waals surface area contributed by atoms with Crippen LogP contribution in [0.3, 0.4) is 0 Å². The summed E-state index contributed by atoms with van der Waals surface area (Å²) in [5.74, 6) is 1.02. The fourth-order valence-corrected chi connectivity index (χ4v) is 3.96. The zero-order valence-corrected chi connectivity index (χ0v) is 13.7. The molecule has 0 radical (unpaired) electrons. The fourth-order valence-electron chi connectivity index (χ4n) is 2.82. The summed E-state index contributed by atoms with van der Waals surface area (Å²) < 4.78 is 12.6. The monoisotopic (exact) mass is 333 g/mol. The Balaban J connectivity index is 1.58. The maximum Gasteiger partial charge on any atom is 0.288 e. The van der Waals surface area contributed by atoms with Gasteiger partial charge in [0, 0.05) is 17.5 Å². The molecule has 4 heterocycles. The molecule has 0 aromatic carbocycles. The molecule has 1 aliphatic heterocycles. The summed E-state index contributed by atoms with van der Waals surface area (Å²) in [6.45, 7) is 3.85. The van der Waals surface area contributed by atoms with Crippen LogP contribution in [0.5, 0.6) is 0 Å². The topological polar surface area (TPSA) is 47.3 Å². The van der Waals surface area contributed by atoms with Gasteiger partial charge < -0.3 is 8.83 Å². The second kappa shape index (κ2) is 5.49. The van der Waals surface area contributed by atoms with Gasteiger partial charge in [0.1, 0.15) is 0 Å².